The Hall–Kier alpha value is -1.34. The highest BCUT2D eigenvalue weighted by molar-refractivity contribution is 5.30. The molecule has 0 fully saturated rings. The van der Waals surface area contributed by atoms with E-state index in [1.54, 1.807) is 10.9 Å². The topological polar surface area (TPSA) is 53.6 Å². The highest BCUT2D eigenvalue weighted by atomic mass is 15.3. The van der Waals surface area contributed by atoms with Gasteiger partial charge in [0, 0.05) is 24.2 Å². The van der Waals surface area contributed by atoms with E-state index in [1.807, 2.05) is 13.8 Å². The van der Waals surface area contributed by atoms with Crippen LogP contribution in [0.3, 0.4) is 0 Å². The SMILES string of the molecule is CC(C)NCc1cnn(C(C)C)c1C#N. The second-order valence-electron chi connectivity index (χ2n) is 4.20. The quantitative estimate of drug-likeness (QED) is 0.817. The summed E-state index contributed by atoms with van der Waals surface area (Å²) in [5, 5.41) is 16.6. The van der Waals surface area contributed by atoms with Crippen LogP contribution in [-0.4, -0.2) is 15.8 Å². The second kappa shape index (κ2) is 4.94. The second-order valence-corrected chi connectivity index (χ2v) is 4.20. The molecule has 0 saturated heterocycles. The molecule has 4 nitrogen and oxygen atoms in total. The van der Waals surface area contributed by atoms with E-state index < -0.39 is 0 Å². The Morgan fingerprint density at radius 3 is 2.60 bits per heavy atom. The van der Waals surface area contributed by atoms with Gasteiger partial charge in [0.1, 0.15) is 11.8 Å². The molecule has 0 atom stereocenters. The Morgan fingerprint density at radius 1 is 1.47 bits per heavy atom. The van der Waals surface area contributed by atoms with Gasteiger partial charge in [-0.05, 0) is 13.8 Å². The summed E-state index contributed by atoms with van der Waals surface area (Å²) in [6, 6.07) is 2.85. The molecule has 1 N–H and O–H groups in total. The molecule has 0 amide bonds. The molecule has 0 aliphatic carbocycles. The Morgan fingerprint density at radius 2 is 2.13 bits per heavy atom. The molecule has 0 unspecified atom stereocenters. The number of nitrogens with zero attached hydrogens (tertiary/aromatic N) is 3. The van der Waals surface area contributed by atoms with Crippen LogP contribution in [0.15, 0.2) is 6.20 Å². The number of aromatic nitrogens is 2. The van der Waals surface area contributed by atoms with Crippen LogP contribution in [-0.2, 0) is 6.54 Å². The summed E-state index contributed by atoms with van der Waals surface area (Å²) >= 11 is 0. The van der Waals surface area contributed by atoms with E-state index in [2.05, 4.69) is 30.3 Å². The van der Waals surface area contributed by atoms with Gasteiger partial charge in [-0.15, -0.1) is 0 Å². The van der Waals surface area contributed by atoms with E-state index in [-0.39, 0.29) is 6.04 Å². The van der Waals surface area contributed by atoms with Crippen molar-refractivity contribution in [3.05, 3.63) is 17.5 Å². The Kier molecular flexibility index (Phi) is 3.87. The summed E-state index contributed by atoms with van der Waals surface area (Å²) in [5.41, 5.74) is 1.64. The third-order valence-corrected chi connectivity index (χ3v) is 2.17. The van der Waals surface area contributed by atoms with Crippen molar-refractivity contribution in [2.75, 3.05) is 0 Å². The molecule has 0 bridgehead atoms. The number of hydrogen-bond acceptors (Lipinski definition) is 3. The maximum atomic E-state index is 9.06. The third-order valence-electron chi connectivity index (χ3n) is 2.17. The molecule has 1 heterocycles. The number of nitrogens with one attached hydrogen (secondary N) is 1. The monoisotopic (exact) mass is 206 g/mol. The van der Waals surface area contributed by atoms with Gasteiger partial charge in [-0.2, -0.15) is 10.4 Å². The molecule has 82 valence electrons. The van der Waals surface area contributed by atoms with Crippen molar-refractivity contribution in [1.82, 2.24) is 15.1 Å². The fourth-order valence-corrected chi connectivity index (χ4v) is 1.36. The minimum atomic E-state index is 0.229. The third kappa shape index (κ3) is 2.80. The number of nitriles is 1. The summed E-state index contributed by atoms with van der Waals surface area (Å²) in [6.45, 7) is 8.91. The molecule has 4 heteroatoms. The van der Waals surface area contributed by atoms with Gasteiger partial charge in [-0.3, -0.25) is 4.68 Å². The lowest BCUT2D eigenvalue weighted by atomic mass is 10.2. The van der Waals surface area contributed by atoms with Crippen molar-refractivity contribution >= 4 is 0 Å². The lowest BCUT2D eigenvalue weighted by Gasteiger charge is -2.08. The summed E-state index contributed by atoms with van der Waals surface area (Å²) in [4.78, 5) is 0. The first-order valence-corrected chi connectivity index (χ1v) is 5.26. The smallest absolute Gasteiger partial charge is 0.143 e. The maximum Gasteiger partial charge on any atom is 0.143 e. The first-order chi connectivity index (χ1) is 7.06. The molecular formula is C11H18N4. The molecule has 1 aromatic heterocycles. The Labute approximate surface area is 90.9 Å². The minimum Gasteiger partial charge on any atom is -0.310 e. The highest BCUT2D eigenvalue weighted by Crippen LogP contribution is 2.12. The lowest BCUT2D eigenvalue weighted by Crippen LogP contribution is -2.22. The number of hydrogen-bond donors (Lipinski definition) is 1. The highest BCUT2D eigenvalue weighted by Gasteiger charge is 2.12. The zero-order valence-electron chi connectivity index (χ0n) is 9.78. The summed E-state index contributed by atoms with van der Waals surface area (Å²) < 4.78 is 1.76. The molecule has 0 aromatic carbocycles. The fraction of sp³-hybridized carbons (Fsp3) is 0.636. The Bertz CT molecular complexity index is 357. The molecule has 0 radical (unpaired) electrons. The van der Waals surface area contributed by atoms with E-state index in [0.29, 0.717) is 18.3 Å². The average Bonchev–Trinajstić information content (AvgIpc) is 2.57. The van der Waals surface area contributed by atoms with Gasteiger partial charge in [-0.25, -0.2) is 0 Å². The lowest BCUT2D eigenvalue weighted by molar-refractivity contribution is 0.524. The normalized spacial score (nSPS) is 11.0. The van der Waals surface area contributed by atoms with Crippen molar-refractivity contribution < 1.29 is 0 Å². The molecular weight excluding hydrogens is 188 g/mol. The first kappa shape index (κ1) is 11.7. The minimum absolute atomic E-state index is 0.229. The molecule has 0 aliphatic rings. The average molecular weight is 206 g/mol. The van der Waals surface area contributed by atoms with Gasteiger partial charge >= 0.3 is 0 Å². The van der Waals surface area contributed by atoms with Gasteiger partial charge in [0.15, 0.2) is 0 Å². The summed E-state index contributed by atoms with van der Waals surface area (Å²) in [7, 11) is 0. The van der Waals surface area contributed by atoms with Gasteiger partial charge < -0.3 is 5.32 Å². The van der Waals surface area contributed by atoms with E-state index in [0.717, 1.165) is 5.56 Å². The van der Waals surface area contributed by atoms with Crippen LogP contribution < -0.4 is 5.32 Å². The number of rotatable bonds is 4. The Balaban J connectivity index is 2.86. The van der Waals surface area contributed by atoms with Gasteiger partial charge in [0.25, 0.3) is 0 Å². The predicted octanol–water partition coefficient (Wildman–Crippen LogP) is 1.83. The molecule has 1 rings (SSSR count). The molecule has 1 aromatic rings. The molecule has 0 spiro atoms. The van der Waals surface area contributed by atoms with Crippen LogP contribution in [0.1, 0.15) is 45.0 Å². The van der Waals surface area contributed by atoms with Gasteiger partial charge in [-0.1, -0.05) is 13.8 Å². The van der Waals surface area contributed by atoms with E-state index in [9.17, 15) is 0 Å². The first-order valence-electron chi connectivity index (χ1n) is 5.26. The fourth-order valence-electron chi connectivity index (χ4n) is 1.36. The zero-order chi connectivity index (χ0) is 11.4. The van der Waals surface area contributed by atoms with Crippen LogP contribution >= 0.6 is 0 Å². The predicted molar refractivity (Wildman–Crippen MR) is 59.3 cm³/mol. The van der Waals surface area contributed by atoms with Crippen LogP contribution in [0.2, 0.25) is 0 Å². The van der Waals surface area contributed by atoms with Crippen molar-refractivity contribution in [3.8, 4) is 6.07 Å². The van der Waals surface area contributed by atoms with E-state index >= 15 is 0 Å². The molecule has 0 aliphatic heterocycles. The van der Waals surface area contributed by atoms with E-state index in [1.165, 1.54) is 0 Å². The van der Waals surface area contributed by atoms with Crippen LogP contribution in [0.25, 0.3) is 0 Å². The van der Waals surface area contributed by atoms with E-state index in [4.69, 9.17) is 5.26 Å². The summed E-state index contributed by atoms with van der Waals surface area (Å²) in [6.07, 6.45) is 1.77. The summed E-state index contributed by atoms with van der Waals surface area (Å²) in [5.74, 6) is 0. The van der Waals surface area contributed by atoms with Crippen LogP contribution in [0.5, 0.6) is 0 Å². The van der Waals surface area contributed by atoms with Crippen LogP contribution in [0, 0.1) is 11.3 Å². The van der Waals surface area contributed by atoms with Crippen molar-refractivity contribution in [3.63, 3.8) is 0 Å². The molecule has 15 heavy (non-hydrogen) atoms. The standard InChI is InChI=1S/C11H18N4/c1-8(2)13-6-10-7-14-15(9(3)4)11(10)5-12/h7-9,13H,6H2,1-4H3. The largest absolute Gasteiger partial charge is 0.310 e. The maximum absolute atomic E-state index is 9.06. The van der Waals surface area contributed by atoms with Crippen molar-refractivity contribution in [2.24, 2.45) is 0 Å². The van der Waals surface area contributed by atoms with Gasteiger partial charge in [0.05, 0.1) is 6.20 Å². The van der Waals surface area contributed by atoms with Crippen molar-refractivity contribution in [2.45, 2.75) is 46.3 Å². The van der Waals surface area contributed by atoms with Gasteiger partial charge in [0.2, 0.25) is 0 Å². The zero-order valence-corrected chi connectivity index (χ0v) is 9.78. The molecule has 0 saturated carbocycles. The van der Waals surface area contributed by atoms with Crippen LogP contribution in [0.4, 0.5) is 0 Å². The van der Waals surface area contributed by atoms with Crippen molar-refractivity contribution in [1.29, 1.82) is 5.26 Å².